The maximum absolute atomic E-state index is 9.70. The Balaban J connectivity index is 1.43. The lowest BCUT2D eigenvalue weighted by Crippen LogP contribution is -2.34. The maximum atomic E-state index is 9.70. The summed E-state index contributed by atoms with van der Waals surface area (Å²) in [6.45, 7) is 7.50. The van der Waals surface area contributed by atoms with Crippen LogP contribution in [0.1, 0.15) is 48.1 Å². The van der Waals surface area contributed by atoms with Crippen LogP contribution in [-0.4, -0.2) is 39.7 Å². The minimum absolute atomic E-state index is 0.00867. The van der Waals surface area contributed by atoms with Gasteiger partial charge in [-0.2, -0.15) is 0 Å². The third-order valence-electron chi connectivity index (χ3n) is 5.95. The Morgan fingerprint density at radius 2 is 2.09 bits per heavy atom. The Bertz CT molecular complexity index is 1040. The Hall–Kier alpha value is -2.96. The second-order valence-electron chi connectivity index (χ2n) is 8.35. The fraction of sp³-hybridized carbons (Fsp3) is 0.385. The lowest BCUT2D eigenvalue weighted by atomic mass is 9.94. The summed E-state index contributed by atoms with van der Waals surface area (Å²) in [6, 6.07) is 16.3. The van der Waals surface area contributed by atoms with Gasteiger partial charge in [0.1, 0.15) is 17.4 Å². The zero-order valence-electron chi connectivity index (χ0n) is 18.9. The molecular weight excluding hydrogens is 400 g/mol. The van der Waals surface area contributed by atoms with E-state index in [2.05, 4.69) is 39.5 Å². The Morgan fingerprint density at radius 1 is 1.19 bits per heavy atom. The molecule has 1 saturated heterocycles. The highest BCUT2D eigenvalue weighted by atomic mass is 16.5. The normalized spacial score (nSPS) is 16.7. The van der Waals surface area contributed by atoms with Crippen molar-refractivity contribution < 1.29 is 9.84 Å². The first-order chi connectivity index (χ1) is 15.7. The fourth-order valence-electron chi connectivity index (χ4n) is 4.34. The van der Waals surface area contributed by atoms with Crippen LogP contribution in [0.25, 0.3) is 0 Å². The Labute approximate surface area is 190 Å². The van der Waals surface area contributed by atoms with E-state index < -0.39 is 0 Å². The van der Waals surface area contributed by atoms with Gasteiger partial charge in [-0.3, -0.25) is 4.90 Å². The highest BCUT2D eigenvalue weighted by Gasteiger charge is 2.23. The minimum Gasteiger partial charge on any atom is -0.494 e. The zero-order valence-corrected chi connectivity index (χ0v) is 18.9. The molecule has 4 rings (SSSR count). The molecule has 0 amide bonds. The molecule has 168 valence electrons. The van der Waals surface area contributed by atoms with E-state index >= 15 is 0 Å². The highest BCUT2D eigenvalue weighted by Crippen LogP contribution is 2.29. The average molecular weight is 433 g/mol. The van der Waals surface area contributed by atoms with Crippen LogP contribution in [-0.2, 0) is 13.2 Å². The van der Waals surface area contributed by atoms with Crippen LogP contribution in [0, 0.1) is 6.92 Å². The van der Waals surface area contributed by atoms with E-state index in [1.165, 1.54) is 5.56 Å². The number of anilines is 2. The maximum Gasteiger partial charge on any atom is 0.134 e. The monoisotopic (exact) mass is 432 g/mol. The molecular formula is C26H32N4O2. The Kier molecular flexibility index (Phi) is 7.35. The van der Waals surface area contributed by atoms with Crippen molar-refractivity contribution in [3.63, 3.8) is 0 Å². The van der Waals surface area contributed by atoms with Crippen molar-refractivity contribution in [2.75, 3.05) is 25.0 Å². The molecule has 2 aromatic heterocycles. The number of aliphatic hydroxyl groups is 1. The number of nitrogens with zero attached hydrogens (tertiary/aromatic N) is 3. The SMILES string of the molecule is CCOc1ccc(CN2CCCC(c3cccc(Nc4ncccc4C)n3)C2)cc1CO. The topological polar surface area (TPSA) is 70.5 Å². The third kappa shape index (κ3) is 5.44. The zero-order chi connectivity index (χ0) is 22.3. The van der Waals surface area contributed by atoms with E-state index in [0.717, 1.165) is 66.7 Å². The van der Waals surface area contributed by atoms with Gasteiger partial charge in [0.2, 0.25) is 0 Å². The molecule has 1 aliphatic heterocycles. The van der Waals surface area contributed by atoms with Crippen LogP contribution < -0.4 is 10.1 Å². The highest BCUT2D eigenvalue weighted by molar-refractivity contribution is 5.55. The molecule has 2 N–H and O–H groups in total. The summed E-state index contributed by atoms with van der Waals surface area (Å²) in [5, 5.41) is 13.1. The molecule has 0 spiro atoms. The Morgan fingerprint density at radius 3 is 2.91 bits per heavy atom. The molecule has 1 aromatic carbocycles. The molecule has 1 atom stereocenters. The van der Waals surface area contributed by atoms with Crippen LogP contribution in [0.3, 0.4) is 0 Å². The molecule has 32 heavy (non-hydrogen) atoms. The molecule has 0 radical (unpaired) electrons. The number of hydrogen-bond acceptors (Lipinski definition) is 6. The van der Waals surface area contributed by atoms with E-state index in [1.54, 1.807) is 6.20 Å². The molecule has 3 heterocycles. The fourth-order valence-corrected chi connectivity index (χ4v) is 4.34. The van der Waals surface area contributed by atoms with Crippen molar-refractivity contribution in [1.29, 1.82) is 0 Å². The van der Waals surface area contributed by atoms with Gasteiger partial charge in [-0.25, -0.2) is 9.97 Å². The van der Waals surface area contributed by atoms with Gasteiger partial charge >= 0.3 is 0 Å². The first-order valence-electron chi connectivity index (χ1n) is 11.4. The molecule has 1 aliphatic rings. The predicted octanol–water partition coefficient (Wildman–Crippen LogP) is 4.80. The number of likely N-dealkylation sites (tertiary alicyclic amines) is 1. The summed E-state index contributed by atoms with van der Waals surface area (Å²) in [5.74, 6) is 2.85. The average Bonchev–Trinajstić information content (AvgIpc) is 2.82. The van der Waals surface area contributed by atoms with Gasteiger partial charge in [-0.15, -0.1) is 0 Å². The smallest absolute Gasteiger partial charge is 0.134 e. The lowest BCUT2D eigenvalue weighted by Gasteiger charge is -2.32. The van der Waals surface area contributed by atoms with Crippen LogP contribution in [0.2, 0.25) is 0 Å². The number of rotatable bonds is 8. The quantitative estimate of drug-likeness (QED) is 0.533. The van der Waals surface area contributed by atoms with Crippen molar-refractivity contribution in [3.05, 3.63) is 77.1 Å². The lowest BCUT2D eigenvalue weighted by molar-refractivity contribution is 0.198. The number of benzene rings is 1. The van der Waals surface area contributed by atoms with E-state index in [0.29, 0.717) is 12.5 Å². The van der Waals surface area contributed by atoms with Crippen LogP contribution >= 0.6 is 0 Å². The summed E-state index contributed by atoms with van der Waals surface area (Å²) in [7, 11) is 0. The second kappa shape index (κ2) is 10.6. The standard InChI is InChI=1S/C26H32N4O2/c1-3-32-24-12-11-20(15-22(24)18-31)16-30-14-6-8-21(17-30)23-9-4-10-25(28-23)29-26-19(2)7-5-13-27-26/h4-5,7,9-13,15,21,31H,3,6,8,14,16-18H2,1-2H3,(H,27,28,29). The number of ether oxygens (including phenoxy) is 1. The first kappa shape index (κ1) is 22.2. The van der Waals surface area contributed by atoms with Gasteiger partial charge in [0.25, 0.3) is 0 Å². The third-order valence-corrected chi connectivity index (χ3v) is 5.95. The molecule has 1 fully saturated rings. The first-order valence-corrected chi connectivity index (χ1v) is 11.4. The number of pyridine rings is 2. The molecule has 6 heteroatoms. The molecule has 1 unspecified atom stereocenters. The van der Waals surface area contributed by atoms with Crippen molar-refractivity contribution in [3.8, 4) is 5.75 Å². The number of piperidine rings is 1. The molecule has 0 aliphatic carbocycles. The van der Waals surface area contributed by atoms with E-state index in [-0.39, 0.29) is 6.61 Å². The van der Waals surface area contributed by atoms with E-state index in [4.69, 9.17) is 9.72 Å². The van der Waals surface area contributed by atoms with Gasteiger partial charge < -0.3 is 15.2 Å². The molecule has 0 saturated carbocycles. The number of hydrogen-bond donors (Lipinski definition) is 2. The molecule has 3 aromatic rings. The predicted molar refractivity (Wildman–Crippen MR) is 127 cm³/mol. The van der Waals surface area contributed by atoms with Crippen LogP contribution in [0.5, 0.6) is 5.75 Å². The second-order valence-corrected chi connectivity index (χ2v) is 8.35. The van der Waals surface area contributed by atoms with Crippen LogP contribution in [0.4, 0.5) is 11.6 Å². The minimum atomic E-state index is -0.00867. The van der Waals surface area contributed by atoms with Gasteiger partial charge in [-0.05, 0) is 74.7 Å². The largest absolute Gasteiger partial charge is 0.494 e. The number of nitrogens with one attached hydrogen (secondary N) is 1. The van der Waals surface area contributed by atoms with Gasteiger partial charge in [0, 0.05) is 36.5 Å². The van der Waals surface area contributed by atoms with E-state index in [1.807, 2.05) is 38.1 Å². The van der Waals surface area contributed by atoms with Crippen molar-refractivity contribution in [1.82, 2.24) is 14.9 Å². The van der Waals surface area contributed by atoms with E-state index in [9.17, 15) is 5.11 Å². The van der Waals surface area contributed by atoms with Crippen molar-refractivity contribution in [2.24, 2.45) is 0 Å². The van der Waals surface area contributed by atoms with Crippen LogP contribution in [0.15, 0.2) is 54.7 Å². The molecule has 6 nitrogen and oxygen atoms in total. The van der Waals surface area contributed by atoms with Gasteiger partial charge in [0.05, 0.1) is 13.2 Å². The number of aliphatic hydroxyl groups excluding tert-OH is 1. The van der Waals surface area contributed by atoms with Crippen molar-refractivity contribution in [2.45, 2.75) is 45.8 Å². The summed E-state index contributed by atoms with van der Waals surface area (Å²) in [5.41, 5.74) is 4.27. The number of aromatic nitrogens is 2. The van der Waals surface area contributed by atoms with Gasteiger partial charge in [0.15, 0.2) is 0 Å². The number of aryl methyl sites for hydroxylation is 1. The summed E-state index contributed by atoms with van der Waals surface area (Å²) >= 11 is 0. The molecule has 0 bridgehead atoms. The van der Waals surface area contributed by atoms with Crippen molar-refractivity contribution >= 4 is 11.6 Å². The summed E-state index contributed by atoms with van der Waals surface area (Å²) < 4.78 is 5.62. The summed E-state index contributed by atoms with van der Waals surface area (Å²) in [4.78, 5) is 11.8. The summed E-state index contributed by atoms with van der Waals surface area (Å²) in [6.07, 6.45) is 4.08. The van der Waals surface area contributed by atoms with Gasteiger partial charge in [-0.1, -0.05) is 18.2 Å².